The highest BCUT2D eigenvalue weighted by Crippen LogP contribution is 2.32. The average Bonchev–Trinajstić information content (AvgIpc) is 2.74. The van der Waals surface area contributed by atoms with Crippen molar-refractivity contribution in [3.05, 3.63) is 15.7 Å². The Hall–Kier alpha value is -1.39. The first-order valence-corrected chi connectivity index (χ1v) is 12.0. The van der Waals surface area contributed by atoms with Crippen molar-refractivity contribution >= 4 is 45.3 Å². The van der Waals surface area contributed by atoms with Crippen LogP contribution in [0.4, 0.5) is 11.8 Å². The Morgan fingerprint density at radius 3 is 2.40 bits per heavy atom. The normalized spacial score (nSPS) is 19.6. The SMILES string of the molecule is COc1cc2c(NC3CCN(C(C)C)CC3)nc(N3CCN(C)CC3)nc2cc1I. The highest BCUT2D eigenvalue weighted by molar-refractivity contribution is 14.1. The van der Waals surface area contributed by atoms with Crippen LogP contribution in [0, 0.1) is 3.57 Å². The Balaban J connectivity index is 1.65. The number of aromatic nitrogens is 2. The van der Waals surface area contributed by atoms with Crippen LogP contribution >= 0.6 is 22.6 Å². The van der Waals surface area contributed by atoms with E-state index in [4.69, 9.17) is 14.7 Å². The fourth-order valence-corrected chi connectivity index (χ4v) is 4.96. The monoisotopic (exact) mass is 524 g/mol. The summed E-state index contributed by atoms with van der Waals surface area (Å²) in [6.45, 7) is 10.8. The van der Waals surface area contributed by atoms with Gasteiger partial charge in [0.2, 0.25) is 5.95 Å². The number of nitrogens with zero attached hydrogens (tertiary/aromatic N) is 5. The second-order valence-corrected chi connectivity index (χ2v) is 9.88. The molecule has 2 aliphatic rings. The van der Waals surface area contributed by atoms with E-state index in [1.165, 1.54) is 0 Å². The van der Waals surface area contributed by atoms with Crippen LogP contribution in [0.15, 0.2) is 12.1 Å². The van der Waals surface area contributed by atoms with Crippen LogP contribution in [0.25, 0.3) is 10.9 Å². The fourth-order valence-electron chi connectivity index (χ4n) is 4.29. The molecule has 1 N–H and O–H groups in total. The third-order valence-electron chi connectivity index (χ3n) is 6.34. The van der Waals surface area contributed by atoms with Crippen molar-refractivity contribution in [3.8, 4) is 5.75 Å². The molecule has 2 fully saturated rings. The van der Waals surface area contributed by atoms with Gasteiger partial charge in [-0.05, 0) is 68.5 Å². The molecule has 2 aliphatic heterocycles. The molecule has 8 heteroatoms. The van der Waals surface area contributed by atoms with E-state index >= 15 is 0 Å². The number of benzene rings is 1. The molecular weight excluding hydrogens is 491 g/mol. The number of piperidine rings is 1. The van der Waals surface area contributed by atoms with Crippen molar-refractivity contribution in [3.63, 3.8) is 0 Å². The van der Waals surface area contributed by atoms with Crippen molar-refractivity contribution in [2.75, 3.05) is 63.6 Å². The first-order valence-electron chi connectivity index (χ1n) is 10.9. The molecule has 1 aromatic heterocycles. The van der Waals surface area contributed by atoms with Crippen LogP contribution in [-0.2, 0) is 0 Å². The summed E-state index contributed by atoms with van der Waals surface area (Å²) in [6.07, 6.45) is 2.27. The van der Waals surface area contributed by atoms with Crippen LogP contribution in [0.2, 0.25) is 0 Å². The number of hydrogen-bond donors (Lipinski definition) is 1. The molecule has 0 unspecified atom stereocenters. The number of ether oxygens (including phenoxy) is 1. The quantitative estimate of drug-likeness (QED) is 0.603. The molecule has 0 amide bonds. The minimum atomic E-state index is 0.434. The second kappa shape index (κ2) is 9.40. The van der Waals surface area contributed by atoms with E-state index < -0.39 is 0 Å². The summed E-state index contributed by atoms with van der Waals surface area (Å²) in [5, 5.41) is 4.81. The molecule has 4 rings (SSSR count). The number of anilines is 2. The van der Waals surface area contributed by atoms with E-state index in [1.54, 1.807) is 7.11 Å². The Labute approximate surface area is 193 Å². The van der Waals surface area contributed by atoms with E-state index in [-0.39, 0.29) is 0 Å². The molecule has 0 radical (unpaired) electrons. The van der Waals surface area contributed by atoms with Crippen molar-refractivity contribution in [2.45, 2.75) is 38.8 Å². The lowest BCUT2D eigenvalue weighted by Crippen LogP contribution is -2.45. The molecule has 1 aromatic carbocycles. The summed E-state index contributed by atoms with van der Waals surface area (Å²) in [7, 11) is 3.89. The fraction of sp³-hybridized carbons (Fsp3) is 0.636. The molecule has 164 valence electrons. The minimum absolute atomic E-state index is 0.434. The second-order valence-electron chi connectivity index (χ2n) is 8.71. The predicted octanol–water partition coefficient (Wildman–Crippen LogP) is 3.28. The third kappa shape index (κ3) is 4.75. The van der Waals surface area contributed by atoms with Gasteiger partial charge < -0.3 is 24.8 Å². The van der Waals surface area contributed by atoms with Gasteiger partial charge in [-0.25, -0.2) is 4.98 Å². The van der Waals surface area contributed by atoms with Crippen molar-refractivity contribution in [2.24, 2.45) is 0 Å². The number of piperazine rings is 1. The van der Waals surface area contributed by atoms with Crippen LogP contribution in [0.3, 0.4) is 0 Å². The van der Waals surface area contributed by atoms with E-state index in [0.29, 0.717) is 12.1 Å². The summed E-state index contributed by atoms with van der Waals surface area (Å²) in [5.41, 5.74) is 0.978. The van der Waals surface area contributed by atoms with Gasteiger partial charge in [0.05, 0.1) is 16.2 Å². The Kier molecular flexibility index (Phi) is 6.84. The highest BCUT2D eigenvalue weighted by Gasteiger charge is 2.24. The number of hydrogen-bond acceptors (Lipinski definition) is 7. The van der Waals surface area contributed by atoms with Gasteiger partial charge in [0.15, 0.2) is 0 Å². The van der Waals surface area contributed by atoms with Gasteiger partial charge in [0, 0.05) is 56.7 Å². The first kappa shape index (κ1) is 21.8. The summed E-state index contributed by atoms with van der Waals surface area (Å²) in [6, 6.07) is 5.24. The molecule has 2 aromatic rings. The molecule has 0 saturated carbocycles. The van der Waals surface area contributed by atoms with Crippen LogP contribution in [-0.4, -0.2) is 85.3 Å². The standard InChI is InChI=1S/C22H33IN6O/c1-15(2)28-7-5-16(6-8-28)24-21-17-13-20(30-4)18(23)14-19(17)25-22(26-21)29-11-9-27(3)10-12-29/h13-16H,5-12H2,1-4H3,(H,24,25,26). The lowest BCUT2D eigenvalue weighted by Gasteiger charge is -2.35. The van der Waals surface area contributed by atoms with Gasteiger partial charge in [-0.15, -0.1) is 0 Å². The average molecular weight is 524 g/mol. The molecule has 0 bridgehead atoms. The Bertz CT molecular complexity index is 876. The van der Waals surface area contributed by atoms with E-state index in [2.05, 4.69) is 75.6 Å². The Morgan fingerprint density at radius 2 is 1.77 bits per heavy atom. The predicted molar refractivity (Wildman–Crippen MR) is 132 cm³/mol. The van der Waals surface area contributed by atoms with Gasteiger partial charge in [0.25, 0.3) is 0 Å². The highest BCUT2D eigenvalue weighted by atomic mass is 127. The van der Waals surface area contributed by atoms with Gasteiger partial charge in [-0.2, -0.15) is 4.98 Å². The van der Waals surface area contributed by atoms with E-state index in [9.17, 15) is 0 Å². The molecule has 0 aliphatic carbocycles. The van der Waals surface area contributed by atoms with Crippen LogP contribution < -0.4 is 15.0 Å². The molecule has 0 spiro atoms. The van der Waals surface area contributed by atoms with Crippen LogP contribution in [0.1, 0.15) is 26.7 Å². The Morgan fingerprint density at radius 1 is 1.07 bits per heavy atom. The summed E-state index contributed by atoms with van der Waals surface area (Å²) < 4.78 is 6.65. The zero-order chi connectivity index (χ0) is 21.3. The molecule has 3 heterocycles. The minimum Gasteiger partial charge on any atom is -0.496 e. The number of likely N-dealkylation sites (tertiary alicyclic amines) is 1. The van der Waals surface area contributed by atoms with E-state index in [0.717, 1.165) is 84.1 Å². The summed E-state index contributed by atoms with van der Waals surface area (Å²) in [5.74, 6) is 2.64. The topological polar surface area (TPSA) is 56.8 Å². The van der Waals surface area contributed by atoms with Crippen molar-refractivity contribution in [1.29, 1.82) is 0 Å². The zero-order valence-corrected chi connectivity index (χ0v) is 20.6. The number of fused-ring (bicyclic) bond motifs is 1. The maximum atomic E-state index is 5.58. The zero-order valence-electron chi connectivity index (χ0n) is 18.5. The summed E-state index contributed by atoms with van der Waals surface area (Å²) in [4.78, 5) is 17.2. The third-order valence-corrected chi connectivity index (χ3v) is 7.19. The molecule has 2 saturated heterocycles. The first-order chi connectivity index (χ1) is 14.4. The van der Waals surface area contributed by atoms with Gasteiger partial charge in [-0.3, -0.25) is 0 Å². The number of halogens is 1. The van der Waals surface area contributed by atoms with Crippen molar-refractivity contribution < 1.29 is 4.74 Å². The molecule has 7 nitrogen and oxygen atoms in total. The van der Waals surface area contributed by atoms with Gasteiger partial charge >= 0.3 is 0 Å². The van der Waals surface area contributed by atoms with Gasteiger partial charge in [0.1, 0.15) is 11.6 Å². The van der Waals surface area contributed by atoms with Gasteiger partial charge in [-0.1, -0.05) is 0 Å². The molecular formula is C22H33IN6O. The number of rotatable bonds is 5. The number of methoxy groups -OCH3 is 1. The maximum absolute atomic E-state index is 5.58. The number of likely N-dealkylation sites (N-methyl/N-ethyl adjacent to an activating group) is 1. The van der Waals surface area contributed by atoms with Crippen LogP contribution in [0.5, 0.6) is 5.75 Å². The lowest BCUT2D eigenvalue weighted by molar-refractivity contribution is 0.177. The molecule has 30 heavy (non-hydrogen) atoms. The number of nitrogens with one attached hydrogen (secondary N) is 1. The van der Waals surface area contributed by atoms with E-state index in [1.807, 2.05) is 0 Å². The summed E-state index contributed by atoms with van der Waals surface area (Å²) >= 11 is 2.32. The van der Waals surface area contributed by atoms with Crippen molar-refractivity contribution in [1.82, 2.24) is 19.8 Å². The smallest absolute Gasteiger partial charge is 0.227 e. The molecule has 0 atom stereocenters. The lowest BCUT2D eigenvalue weighted by atomic mass is 10.0. The maximum Gasteiger partial charge on any atom is 0.227 e. The largest absolute Gasteiger partial charge is 0.496 e.